The fraction of sp³-hybridized carbons (Fsp3) is 0.619. The summed E-state index contributed by atoms with van der Waals surface area (Å²) in [6.45, 7) is 0.699. The smallest absolute Gasteiger partial charge is 0.314 e. The summed E-state index contributed by atoms with van der Waals surface area (Å²) in [6.07, 6.45) is 1.83. The molecule has 7 heteroatoms. The Morgan fingerprint density at radius 2 is 2.04 bits per heavy atom. The quantitative estimate of drug-likeness (QED) is 0.735. The highest BCUT2D eigenvalue weighted by molar-refractivity contribution is 5.85. The van der Waals surface area contributed by atoms with Crippen molar-refractivity contribution in [2.75, 3.05) is 33.9 Å². The van der Waals surface area contributed by atoms with Crippen LogP contribution in [0, 0.1) is 10.8 Å². The number of carboxylic acids is 1. The zero-order valence-corrected chi connectivity index (χ0v) is 16.5. The molecular formula is C21H29NO6. The molecule has 2 N–H and O–H groups in total. The second kappa shape index (κ2) is 8.09. The molecular weight excluding hydrogens is 362 g/mol. The van der Waals surface area contributed by atoms with Gasteiger partial charge in [0, 0.05) is 20.2 Å². The third-order valence-corrected chi connectivity index (χ3v) is 6.34. The van der Waals surface area contributed by atoms with Gasteiger partial charge in [0.25, 0.3) is 0 Å². The lowest BCUT2D eigenvalue weighted by Gasteiger charge is -2.48. The zero-order valence-electron chi connectivity index (χ0n) is 16.5. The number of carboxylic acid groups (broad SMARTS) is 1. The van der Waals surface area contributed by atoms with E-state index in [-0.39, 0.29) is 25.3 Å². The number of nitrogens with zero attached hydrogens (tertiary/aromatic N) is 1. The van der Waals surface area contributed by atoms with Crippen LogP contribution in [0.3, 0.4) is 0 Å². The van der Waals surface area contributed by atoms with Gasteiger partial charge in [0.05, 0.1) is 25.2 Å². The van der Waals surface area contributed by atoms with E-state index in [1.807, 2.05) is 6.07 Å². The van der Waals surface area contributed by atoms with Gasteiger partial charge in [-0.3, -0.25) is 9.59 Å². The number of benzene rings is 1. The Labute approximate surface area is 165 Å². The number of hydrogen-bond donors (Lipinski definition) is 2. The van der Waals surface area contributed by atoms with Crippen LogP contribution in [-0.4, -0.2) is 67.0 Å². The molecule has 7 nitrogen and oxygen atoms in total. The first kappa shape index (κ1) is 20.6. The average Bonchev–Trinajstić information content (AvgIpc) is 2.66. The lowest BCUT2D eigenvalue weighted by molar-refractivity contribution is -0.172. The molecule has 0 radical (unpaired) electrons. The number of aliphatic hydroxyl groups is 1. The van der Waals surface area contributed by atoms with Crippen LogP contribution in [-0.2, 0) is 20.7 Å². The number of amides is 1. The van der Waals surface area contributed by atoms with Crippen molar-refractivity contribution < 1.29 is 29.3 Å². The van der Waals surface area contributed by atoms with Crippen LogP contribution in [0.1, 0.15) is 31.2 Å². The van der Waals surface area contributed by atoms with E-state index in [4.69, 9.17) is 9.47 Å². The summed E-state index contributed by atoms with van der Waals surface area (Å²) >= 11 is 0. The molecule has 1 aromatic carbocycles. The maximum absolute atomic E-state index is 13.2. The van der Waals surface area contributed by atoms with Crippen LogP contribution in [0.4, 0.5) is 0 Å². The summed E-state index contributed by atoms with van der Waals surface area (Å²) in [5.74, 6) is -0.511. The predicted molar refractivity (Wildman–Crippen MR) is 102 cm³/mol. The van der Waals surface area contributed by atoms with Crippen LogP contribution < -0.4 is 4.74 Å². The van der Waals surface area contributed by atoms with E-state index in [0.717, 1.165) is 24.8 Å². The Hall–Kier alpha value is -2.12. The van der Waals surface area contributed by atoms with E-state index >= 15 is 0 Å². The number of carbonyl (C=O) groups excluding carboxylic acids is 1. The fourth-order valence-corrected chi connectivity index (χ4v) is 4.49. The summed E-state index contributed by atoms with van der Waals surface area (Å²) in [7, 11) is 3.13. The van der Waals surface area contributed by atoms with Gasteiger partial charge in [0.15, 0.2) is 0 Å². The average molecular weight is 391 g/mol. The van der Waals surface area contributed by atoms with Crippen molar-refractivity contribution in [2.24, 2.45) is 10.8 Å². The number of aliphatic hydroxyl groups excluding tert-OH is 1. The minimum Gasteiger partial charge on any atom is -0.497 e. The molecule has 1 amide bonds. The topological polar surface area (TPSA) is 96.3 Å². The molecule has 1 saturated carbocycles. The molecule has 2 fully saturated rings. The highest BCUT2D eigenvalue weighted by atomic mass is 16.5. The molecule has 1 heterocycles. The van der Waals surface area contributed by atoms with E-state index < -0.39 is 22.9 Å². The van der Waals surface area contributed by atoms with Crippen molar-refractivity contribution >= 4 is 11.9 Å². The predicted octanol–water partition coefficient (Wildman–Crippen LogP) is 1.72. The van der Waals surface area contributed by atoms with Crippen LogP contribution in [0.2, 0.25) is 0 Å². The molecule has 154 valence electrons. The number of hydrogen-bond acceptors (Lipinski definition) is 5. The highest BCUT2D eigenvalue weighted by Crippen LogP contribution is 2.45. The van der Waals surface area contributed by atoms with Gasteiger partial charge in [-0.1, -0.05) is 18.6 Å². The molecule has 0 spiro atoms. The normalized spacial score (nSPS) is 26.4. The Bertz CT molecular complexity index is 731. The van der Waals surface area contributed by atoms with Crippen molar-refractivity contribution in [1.29, 1.82) is 0 Å². The molecule has 28 heavy (non-hydrogen) atoms. The number of likely N-dealkylation sites (tertiary alicyclic amines) is 1. The molecule has 0 bridgehead atoms. The molecule has 2 aliphatic rings. The number of carbonyl (C=O) groups is 2. The highest BCUT2D eigenvalue weighted by Gasteiger charge is 2.54. The van der Waals surface area contributed by atoms with E-state index in [1.165, 1.54) is 0 Å². The fourth-order valence-electron chi connectivity index (χ4n) is 4.49. The monoisotopic (exact) mass is 391 g/mol. The van der Waals surface area contributed by atoms with Gasteiger partial charge >= 0.3 is 5.97 Å². The molecule has 0 aromatic heterocycles. The number of methoxy groups -OCH3 is 2. The first-order valence-electron chi connectivity index (χ1n) is 9.70. The Kier molecular flexibility index (Phi) is 5.95. The van der Waals surface area contributed by atoms with Crippen molar-refractivity contribution in [1.82, 2.24) is 4.90 Å². The van der Waals surface area contributed by atoms with Gasteiger partial charge in [-0.15, -0.1) is 0 Å². The molecule has 0 unspecified atom stereocenters. The Morgan fingerprint density at radius 1 is 1.29 bits per heavy atom. The zero-order chi connectivity index (χ0) is 20.4. The van der Waals surface area contributed by atoms with E-state index in [1.54, 1.807) is 37.3 Å². The molecule has 1 aromatic rings. The van der Waals surface area contributed by atoms with Gasteiger partial charge in [-0.05, 0) is 43.4 Å². The third-order valence-electron chi connectivity index (χ3n) is 6.34. The Balaban J connectivity index is 1.86. The van der Waals surface area contributed by atoms with Gasteiger partial charge in [0.1, 0.15) is 11.2 Å². The number of rotatable bonds is 7. The third kappa shape index (κ3) is 3.61. The van der Waals surface area contributed by atoms with Crippen LogP contribution in [0.15, 0.2) is 24.3 Å². The molecule has 2 atom stereocenters. The summed E-state index contributed by atoms with van der Waals surface area (Å²) in [5.41, 5.74) is -1.24. The number of ether oxygens (including phenoxy) is 2. The van der Waals surface area contributed by atoms with Gasteiger partial charge in [-0.25, -0.2) is 0 Å². The van der Waals surface area contributed by atoms with E-state index in [9.17, 15) is 19.8 Å². The van der Waals surface area contributed by atoms with Crippen molar-refractivity contribution in [3.05, 3.63) is 29.8 Å². The van der Waals surface area contributed by atoms with Crippen molar-refractivity contribution in [3.8, 4) is 5.75 Å². The second-order valence-electron chi connectivity index (χ2n) is 8.09. The van der Waals surface area contributed by atoms with Gasteiger partial charge < -0.3 is 24.6 Å². The van der Waals surface area contributed by atoms with Gasteiger partial charge in [0.2, 0.25) is 5.91 Å². The van der Waals surface area contributed by atoms with Crippen molar-refractivity contribution in [3.63, 3.8) is 0 Å². The SMILES string of the molecule is COCC1(C(=O)N2CC[C@H](O)[C@](Cc3cccc(OC)c3)(C(=O)O)C2)CCC1. The lowest BCUT2D eigenvalue weighted by atomic mass is 9.67. The lowest BCUT2D eigenvalue weighted by Crippen LogP contribution is -2.61. The molecule has 1 aliphatic heterocycles. The first-order valence-corrected chi connectivity index (χ1v) is 9.70. The largest absolute Gasteiger partial charge is 0.497 e. The minimum absolute atomic E-state index is 0.00892. The standard InChI is InChI=1S/C21H29NO6/c1-27-14-20(8-4-9-20)18(24)22-10-7-17(23)21(13-22,19(25)26)12-15-5-3-6-16(11-15)28-2/h3,5-6,11,17,23H,4,7-10,12-14H2,1-2H3,(H,25,26)/t17-,21+/m0/s1. The molecule has 3 rings (SSSR count). The summed E-state index contributed by atoms with van der Waals surface area (Å²) in [5, 5.41) is 20.7. The summed E-state index contributed by atoms with van der Waals surface area (Å²) in [4.78, 5) is 27.2. The number of piperidine rings is 1. The van der Waals surface area contributed by atoms with Crippen LogP contribution >= 0.6 is 0 Å². The van der Waals surface area contributed by atoms with Crippen LogP contribution in [0.5, 0.6) is 5.75 Å². The van der Waals surface area contributed by atoms with Crippen molar-refractivity contribution in [2.45, 2.75) is 38.2 Å². The number of aliphatic carboxylic acids is 1. The summed E-state index contributed by atoms with van der Waals surface area (Å²) < 4.78 is 10.5. The molecule has 1 aliphatic carbocycles. The molecule has 1 saturated heterocycles. The van der Waals surface area contributed by atoms with E-state index in [2.05, 4.69) is 0 Å². The summed E-state index contributed by atoms with van der Waals surface area (Å²) in [6, 6.07) is 7.18. The Morgan fingerprint density at radius 3 is 2.61 bits per heavy atom. The minimum atomic E-state index is -1.45. The van der Waals surface area contributed by atoms with Gasteiger partial charge in [-0.2, -0.15) is 0 Å². The second-order valence-corrected chi connectivity index (χ2v) is 8.09. The first-order chi connectivity index (χ1) is 13.4. The maximum Gasteiger partial charge on any atom is 0.314 e. The maximum atomic E-state index is 13.2. The van der Waals surface area contributed by atoms with E-state index in [0.29, 0.717) is 18.9 Å². The van der Waals surface area contributed by atoms with Crippen LogP contribution in [0.25, 0.3) is 0 Å².